The maximum Gasteiger partial charge on any atom is 0.257 e. The Balaban J connectivity index is 2.05. The molecular formula is C12H20N5O2+. The lowest BCUT2D eigenvalue weighted by Crippen LogP contribution is -3.11. The summed E-state index contributed by atoms with van der Waals surface area (Å²) >= 11 is 0. The summed E-state index contributed by atoms with van der Waals surface area (Å²) in [6, 6.07) is 1.62. The van der Waals surface area contributed by atoms with Crippen LogP contribution in [0.25, 0.3) is 0 Å². The van der Waals surface area contributed by atoms with Crippen molar-refractivity contribution in [3.63, 3.8) is 0 Å². The van der Waals surface area contributed by atoms with Crippen molar-refractivity contribution in [3.8, 4) is 11.8 Å². The highest BCUT2D eigenvalue weighted by Gasteiger charge is 2.13. The van der Waals surface area contributed by atoms with E-state index in [0.717, 1.165) is 26.2 Å². The molecule has 0 unspecified atom stereocenters. The number of likely N-dealkylation sites (N-methyl/N-ethyl adjacent to an activating group) is 1. The van der Waals surface area contributed by atoms with E-state index >= 15 is 0 Å². The predicted molar refractivity (Wildman–Crippen MR) is 71.5 cm³/mol. The van der Waals surface area contributed by atoms with Crippen LogP contribution in [-0.4, -0.2) is 68.7 Å². The van der Waals surface area contributed by atoms with Crippen LogP contribution in [-0.2, 0) is 0 Å². The van der Waals surface area contributed by atoms with Crippen LogP contribution in [0.5, 0.6) is 11.8 Å². The first-order chi connectivity index (χ1) is 9.21. The van der Waals surface area contributed by atoms with Gasteiger partial charge in [0.1, 0.15) is 0 Å². The lowest BCUT2D eigenvalue weighted by Gasteiger charge is -2.28. The van der Waals surface area contributed by atoms with E-state index in [0.29, 0.717) is 17.7 Å². The van der Waals surface area contributed by atoms with Crippen molar-refractivity contribution in [3.05, 3.63) is 6.07 Å². The van der Waals surface area contributed by atoms with Gasteiger partial charge in [-0.2, -0.15) is 9.97 Å². The summed E-state index contributed by atoms with van der Waals surface area (Å²) in [6.45, 7) is 4.23. The third-order valence-corrected chi connectivity index (χ3v) is 3.07. The first-order valence-electron chi connectivity index (χ1n) is 6.28. The number of methoxy groups -OCH3 is 2. The molecule has 2 rings (SSSR count). The molecule has 0 radical (unpaired) electrons. The quantitative estimate of drug-likeness (QED) is 0.558. The van der Waals surface area contributed by atoms with E-state index < -0.39 is 0 Å². The minimum absolute atomic E-state index is 0.350. The summed E-state index contributed by atoms with van der Waals surface area (Å²) in [5.41, 5.74) is 0. The zero-order valence-corrected chi connectivity index (χ0v) is 11.6. The van der Waals surface area contributed by atoms with E-state index in [1.165, 1.54) is 0 Å². The van der Waals surface area contributed by atoms with Crippen LogP contribution < -0.4 is 14.4 Å². The molecule has 0 saturated carbocycles. The fourth-order valence-electron chi connectivity index (χ4n) is 1.81. The number of hydrogen-bond acceptors (Lipinski definition) is 5. The van der Waals surface area contributed by atoms with Gasteiger partial charge >= 0.3 is 0 Å². The maximum absolute atomic E-state index is 5.08. The van der Waals surface area contributed by atoms with Crippen LogP contribution in [0.4, 0.5) is 5.95 Å². The standard InChI is InChI=1S/C12H19N5O2/c1-16-4-6-17(7-5-16)9-13-12-14-10(18-2)8-11(15-12)19-3/h8-9H,4-7H2,1-3H3/p+1. The number of ether oxygens (including phenoxy) is 2. The van der Waals surface area contributed by atoms with Gasteiger partial charge in [0.2, 0.25) is 11.8 Å². The van der Waals surface area contributed by atoms with Crippen molar-refractivity contribution in [2.24, 2.45) is 4.99 Å². The van der Waals surface area contributed by atoms with Crippen LogP contribution in [0.15, 0.2) is 11.1 Å². The second kappa shape index (κ2) is 6.33. The number of nitrogens with zero attached hydrogens (tertiary/aromatic N) is 4. The van der Waals surface area contributed by atoms with Gasteiger partial charge in [-0.05, 0) is 0 Å². The van der Waals surface area contributed by atoms with Crippen molar-refractivity contribution in [2.45, 2.75) is 0 Å². The Morgan fingerprint density at radius 2 is 1.79 bits per heavy atom. The average Bonchev–Trinajstić information content (AvgIpc) is 2.46. The zero-order valence-electron chi connectivity index (χ0n) is 11.6. The number of aromatic nitrogens is 2. The highest BCUT2D eigenvalue weighted by molar-refractivity contribution is 5.59. The summed E-state index contributed by atoms with van der Waals surface area (Å²) < 4.78 is 10.2. The Hall–Kier alpha value is -1.89. The highest BCUT2D eigenvalue weighted by Crippen LogP contribution is 2.18. The van der Waals surface area contributed by atoms with E-state index in [9.17, 15) is 0 Å². The number of quaternary nitrogens is 1. The molecule has 7 heteroatoms. The molecule has 1 aliphatic rings. The van der Waals surface area contributed by atoms with Crippen molar-refractivity contribution >= 4 is 12.3 Å². The summed E-state index contributed by atoms with van der Waals surface area (Å²) in [7, 11) is 5.31. The van der Waals surface area contributed by atoms with Gasteiger partial charge < -0.3 is 19.3 Å². The number of piperazine rings is 1. The van der Waals surface area contributed by atoms with Gasteiger partial charge in [-0.25, -0.2) is 4.99 Å². The highest BCUT2D eigenvalue weighted by atomic mass is 16.5. The van der Waals surface area contributed by atoms with Gasteiger partial charge in [-0.15, -0.1) is 0 Å². The number of aliphatic imine (C=N–C) groups is 1. The van der Waals surface area contributed by atoms with E-state index in [2.05, 4.69) is 26.9 Å². The zero-order chi connectivity index (χ0) is 13.7. The first kappa shape index (κ1) is 13.5. The largest absolute Gasteiger partial charge is 0.481 e. The molecular weight excluding hydrogens is 246 g/mol. The molecule has 0 aliphatic carbocycles. The van der Waals surface area contributed by atoms with E-state index in [4.69, 9.17) is 9.47 Å². The van der Waals surface area contributed by atoms with Crippen molar-refractivity contribution < 1.29 is 14.4 Å². The molecule has 1 saturated heterocycles. The minimum atomic E-state index is 0.350. The van der Waals surface area contributed by atoms with E-state index in [-0.39, 0.29) is 0 Å². The Bertz CT molecular complexity index is 421. The van der Waals surface area contributed by atoms with Crippen LogP contribution >= 0.6 is 0 Å². The van der Waals surface area contributed by atoms with Gasteiger partial charge in [0.05, 0.1) is 59.9 Å². The fourth-order valence-corrected chi connectivity index (χ4v) is 1.81. The summed E-state index contributed by atoms with van der Waals surface area (Å²) in [4.78, 5) is 16.3. The molecule has 1 aliphatic heterocycles. The van der Waals surface area contributed by atoms with Crippen molar-refractivity contribution in [1.29, 1.82) is 0 Å². The molecule has 0 bridgehead atoms. The summed E-state index contributed by atoms with van der Waals surface area (Å²) in [5.74, 6) is 1.24. The normalized spacial score (nSPS) is 16.9. The Morgan fingerprint density at radius 1 is 1.21 bits per heavy atom. The van der Waals surface area contributed by atoms with Gasteiger partial charge in [-0.1, -0.05) is 0 Å². The van der Waals surface area contributed by atoms with Crippen LogP contribution in [0.1, 0.15) is 0 Å². The lowest BCUT2D eigenvalue weighted by molar-refractivity contribution is -0.883. The molecule has 1 aromatic rings. The van der Waals surface area contributed by atoms with Gasteiger partial charge in [-0.3, -0.25) is 0 Å². The molecule has 0 amide bonds. The smallest absolute Gasteiger partial charge is 0.257 e. The van der Waals surface area contributed by atoms with Crippen molar-refractivity contribution in [2.75, 3.05) is 47.4 Å². The summed E-state index contributed by atoms with van der Waals surface area (Å²) in [5, 5.41) is 0. The molecule has 1 N–H and O–H groups in total. The fraction of sp³-hybridized carbons (Fsp3) is 0.583. The number of rotatable bonds is 4. The number of hydrogen-bond donors (Lipinski definition) is 1. The van der Waals surface area contributed by atoms with Gasteiger partial charge in [0.15, 0.2) is 0 Å². The molecule has 2 heterocycles. The Kier molecular flexibility index (Phi) is 4.51. The summed E-state index contributed by atoms with van der Waals surface area (Å²) in [6.07, 6.45) is 1.79. The molecule has 0 spiro atoms. The van der Waals surface area contributed by atoms with E-state index in [1.807, 2.05) is 0 Å². The average molecular weight is 266 g/mol. The minimum Gasteiger partial charge on any atom is -0.481 e. The predicted octanol–water partition coefficient (Wildman–Crippen LogP) is -1.02. The lowest BCUT2D eigenvalue weighted by atomic mass is 10.3. The molecule has 0 atom stereocenters. The third kappa shape index (κ3) is 3.78. The molecule has 19 heavy (non-hydrogen) atoms. The van der Waals surface area contributed by atoms with Crippen molar-refractivity contribution in [1.82, 2.24) is 14.9 Å². The Morgan fingerprint density at radius 3 is 2.32 bits per heavy atom. The molecule has 0 aromatic carbocycles. The third-order valence-electron chi connectivity index (χ3n) is 3.07. The van der Waals surface area contributed by atoms with E-state index in [1.54, 1.807) is 31.5 Å². The molecule has 1 aromatic heterocycles. The molecule has 1 fully saturated rings. The second-order valence-electron chi connectivity index (χ2n) is 4.49. The van der Waals surface area contributed by atoms with Gasteiger partial charge in [0.25, 0.3) is 5.95 Å². The first-order valence-corrected chi connectivity index (χ1v) is 6.28. The molecule has 104 valence electrons. The maximum atomic E-state index is 5.08. The van der Waals surface area contributed by atoms with Crippen LogP contribution in [0.3, 0.4) is 0 Å². The Labute approximate surface area is 112 Å². The van der Waals surface area contributed by atoms with Crippen LogP contribution in [0.2, 0.25) is 0 Å². The molecule has 7 nitrogen and oxygen atoms in total. The van der Waals surface area contributed by atoms with Gasteiger partial charge in [0, 0.05) is 0 Å². The monoisotopic (exact) mass is 266 g/mol. The SMILES string of the molecule is COc1cc(OC)nc(N=CN2CC[NH+](C)CC2)n1. The topological polar surface area (TPSA) is 64.3 Å². The number of nitrogens with one attached hydrogen (secondary N) is 1. The second-order valence-corrected chi connectivity index (χ2v) is 4.49. The van der Waals surface area contributed by atoms with Crippen LogP contribution in [0, 0.1) is 0 Å².